The van der Waals surface area contributed by atoms with Crippen LogP contribution in [0.2, 0.25) is 0 Å². The van der Waals surface area contributed by atoms with E-state index in [2.05, 4.69) is 10.2 Å². The van der Waals surface area contributed by atoms with Crippen LogP contribution in [-0.2, 0) is 14.3 Å². The van der Waals surface area contributed by atoms with Crippen LogP contribution in [0.4, 0.5) is 4.79 Å². The van der Waals surface area contributed by atoms with Crippen molar-refractivity contribution in [1.82, 2.24) is 10.4 Å². The minimum atomic E-state index is -1.39. The van der Waals surface area contributed by atoms with E-state index in [-0.39, 0.29) is 11.3 Å². The molecule has 1 heterocycles. The fourth-order valence-corrected chi connectivity index (χ4v) is 1.92. The Bertz CT molecular complexity index is 431. The van der Waals surface area contributed by atoms with Crippen LogP contribution in [0.15, 0.2) is 11.3 Å². The molecule has 0 saturated carbocycles. The number of rotatable bonds is 3. The number of allylic oxidation sites excluding steroid dienone is 1. The molecule has 8 heteroatoms. The molecule has 0 aromatic rings. The zero-order valence-corrected chi connectivity index (χ0v) is 10.3. The zero-order chi connectivity index (χ0) is 14.0. The standard InChI is InChI=1S/C10H15N3O5/c1-4-6(9(16)18-3)7(5(2)14)8(15)13(4)12-10(11)17/h7-8,15H,1-3H3,(H3,11,12,17)/t7-,8+/m0/s1. The fraction of sp³-hybridized carbons (Fsp3) is 0.500. The lowest BCUT2D eigenvalue weighted by Gasteiger charge is -2.25. The Labute approximate surface area is 103 Å². The van der Waals surface area contributed by atoms with Crippen LogP contribution in [0.5, 0.6) is 0 Å². The molecule has 0 spiro atoms. The number of hydrogen-bond acceptors (Lipinski definition) is 6. The summed E-state index contributed by atoms with van der Waals surface area (Å²) in [5.74, 6) is -2.24. The molecule has 1 aliphatic heterocycles. The average molecular weight is 257 g/mol. The van der Waals surface area contributed by atoms with Gasteiger partial charge in [0.05, 0.1) is 18.6 Å². The predicted octanol–water partition coefficient (Wildman–Crippen LogP) is -1.14. The first-order valence-corrected chi connectivity index (χ1v) is 5.14. The largest absolute Gasteiger partial charge is 0.466 e. The van der Waals surface area contributed by atoms with E-state index >= 15 is 0 Å². The Morgan fingerprint density at radius 1 is 1.44 bits per heavy atom. The van der Waals surface area contributed by atoms with Crippen molar-refractivity contribution in [3.63, 3.8) is 0 Å². The third-order valence-electron chi connectivity index (χ3n) is 2.70. The molecule has 0 bridgehead atoms. The number of amides is 2. The lowest BCUT2D eigenvalue weighted by molar-refractivity contribution is -0.139. The summed E-state index contributed by atoms with van der Waals surface area (Å²) in [6.07, 6.45) is -1.39. The first kappa shape index (κ1) is 14.0. The second kappa shape index (κ2) is 5.05. The number of hydrazine groups is 1. The van der Waals surface area contributed by atoms with Crippen molar-refractivity contribution >= 4 is 17.8 Å². The molecule has 2 atom stereocenters. The van der Waals surface area contributed by atoms with E-state index in [1.54, 1.807) is 0 Å². The summed E-state index contributed by atoms with van der Waals surface area (Å²) in [4.78, 5) is 33.9. The molecular formula is C10H15N3O5. The van der Waals surface area contributed by atoms with Gasteiger partial charge in [-0.2, -0.15) is 0 Å². The van der Waals surface area contributed by atoms with E-state index in [1.165, 1.54) is 13.8 Å². The average Bonchev–Trinajstić information content (AvgIpc) is 2.52. The molecule has 0 aromatic heterocycles. The van der Waals surface area contributed by atoms with Crippen molar-refractivity contribution in [3.05, 3.63) is 11.3 Å². The van der Waals surface area contributed by atoms with Gasteiger partial charge in [0.25, 0.3) is 0 Å². The number of aliphatic hydroxyl groups excluding tert-OH is 1. The third kappa shape index (κ3) is 2.28. The summed E-state index contributed by atoms with van der Waals surface area (Å²) < 4.78 is 4.56. The van der Waals surface area contributed by atoms with Gasteiger partial charge in [0.2, 0.25) is 0 Å². The summed E-state index contributed by atoms with van der Waals surface area (Å²) in [7, 11) is 1.16. The molecule has 0 aromatic carbocycles. The number of Topliss-reactive ketones (excluding diaryl/α,β-unsaturated/α-hetero) is 1. The number of methoxy groups -OCH3 is 1. The number of nitrogens with two attached hydrogens (primary N) is 1. The van der Waals surface area contributed by atoms with Gasteiger partial charge in [-0.25, -0.2) is 15.0 Å². The Morgan fingerprint density at radius 3 is 2.39 bits per heavy atom. The van der Waals surface area contributed by atoms with Gasteiger partial charge in [-0.3, -0.25) is 9.80 Å². The maximum absolute atomic E-state index is 11.6. The SMILES string of the molecule is COC(=O)C1=C(C)N(NC(N)=O)[C@H](O)[C@H]1C(C)=O. The maximum Gasteiger partial charge on any atom is 0.336 e. The number of esters is 1. The van der Waals surface area contributed by atoms with Gasteiger partial charge in [0, 0.05) is 5.70 Å². The number of primary amides is 1. The van der Waals surface area contributed by atoms with Gasteiger partial charge < -0.3 is 15.6 Å². The molecule has 0 aliphatic carbocycles. The molecule has 0 unspecified atom stereocenters. The number of ether oxygens (including phenoxy) is 1. The topological polar surface area (TPSA) is 122 Å². The van der Waals surface area contributed by atoms with Crippen LogP contribution in [0.25, 0.3) is 0 Å². The molecule has 0 radical (unpaired) electrons. The summed E-state index contributed by atoms with van der Waals surface area (Å²) in [6, 6.07) is -0.915. The first-order chi connectivity index (χ1) is 8.31. The van der Waals surface area contributed by atoms with Crippen molar-refractivity contribution in [2.75, 3.05) is 7.11 Å². The molecule has 8 nitrogen and oxygen atoms in total. The number of aliphatic hydroxyl groups is 1. The summed E-state index contributed by atoms with van der Waals surface area (Å²) in [5.41, 5.74) is 7.31. The van der Waals surface area contributed by atoms with Crippen LogP contribution >= 0.6 is 0 Å². The first-order valence-electron chi connectivity index (χ1n) is 5.14. The van der Waals surface area contributed by atoms with E-state index in [4.69, 9.17) is 5.73 Å². The minimum Gasteiger partial charge on any atom is -0.466 e. The lowest BCUT2D eigenvalue weighted by atomic mass is 9.96. The highest BCUT2D eigenvalue weighted by molar-refractivity contribution is 5.98. The van der Waals surface area contributed by atoms with E-state index in [0.717, 1.165) is 12.1 Å². The molecule has 1 aliphatic rings. The molecule has 2 amide bonds. The van der Waals surface area contributed by atoms with Crippen LogP contribution in [-0.4, -0.2) is 41.2 Å². The smallest absolute Gasteiger partial charge is 0.336 e. The van der Waals surface area contributed by atoms with Crippen molar-refractivity contribution in [2.45, 2.75) is 20.1 Å². The lowest BCUT2D eigenvalue weighted by Crippen LogP contribution is -2.49. The Hall–Kier alpha value is -2.09. The number of nitrogens with one attached hydrogen (secondary N) is 1. The Morgan fingerprint density at radius 2 is 2.00 bits per heavy atom. The van der Waals surface area contributed by atoms with E-state index in [0.29, 0.717) is 0 Å². The van der Waals surface area contributed by atoms with Crippen LogP contribution in [0, 0.1) is 5.92 Å². The van der Waals surface area contributed by atoms with Crippen LogP contribution < -0.4 is 11.2 Å². The van der Waals surface area contributed by atoms with Gasteiger partial charge in [-0.15, -0.1) is 0 Å². The van der Waals surface area contributed by atoms with Crippen LogP contribution in [0.3, 0.4) is 0 Å². The summed E-state index contributed by atoms with van der Waals surface area (Å²) >= 11 is 0. The summed E-state index contributed by atoms with van der Waals surface area (Å²) in [5, 5.41) is 10.9. The minimum absolute atomic E-state index is 0.00579. The van der Waals surface area contributed by atoms with Crippen molar-refractivity contribution in [2.24, 2.45) is 11.7 Å². The molecule has 0 fully saturated rings. The van der Waals surface area contributed by atoms with Gasteiger partial charge >= 0.3 is 12.0 Å². The quantitative estimate of drug-likeness (QED) is 0.549. The van der Waals surface area contributed by atoms with Gasteiger partial charge in [0.1, 0.15) is 5.78 Å². The van der Waals surface area contributed by atoms with Crippen molar-refractivity contribution in [3.8, 4) is 0 Å². The number of carbonyl (C=O) groups excluding carboxylic acids is 3. The second-order valence-electron chi connectivity index (χ2n) is 3.84. The maximum atomic E-state index is 11.6. The van der Waals surface area contributed by atoms with Gasteiger partial charge in [0.15, 0.2) is 6.23 Å². The van der Waals surface area contributed by atoms with Crippen molar-refractivity contribution in [1.29, 1.82) is 0 Å². The molecule has 100 valence electrons. The Balaban J connectivity index is 3.20. The molecule has 4 N–H and O–H groups in total. The van der Waals surface area contributed by atoms with Crippen LogP contribution in [0.1, 0.15) is 13.8 Å². The van der Waals surface area contributed by atoms with Crippen molar-refractivity contribution < 1.29 is 24.2 Å². The van der Waals surface area contributed by atoms with E-state index in [9.17, 15) is 19.5 Å². The number of urea groups is 1. The highest BCUT2D eigenvalue weighted by Crippen LogP contribution is 2.32. The second-order valence-corrected chi connectivity index (χ2v) is 3.84. The number of carbonyl (C=O) groups is 3. The fourth-order valence-electron chi connectivity index (χ4n) is 1.92. The number of ketones is 1. The molecule has 1 rings (SSSR count). The highest BCUT2D eigenvalue weighted by atomic mass is 16.5. The van der Waals surface area contributed by atoms with Gasteiger partial charge in [-0.05, 0) is 13.8 Å². The summed E-state index contributed by atoms with van der Waals surface area (Å²) in [6.45, 7) is 2.70. The monoisotopic (exact) mass is 257 g/mol. The Kier molecular flexibility index (Phi) is 3.92. The number of nitrogens with zero attached hydrogens (tertiary/aromatic N) is 1. The highest BCUT2D eigenvalue weighted by Gasteiger charge is 2.44. The zero-order valence-electron chi connectivity index (χ0n) is 10.3. The molecule has 18 heavy (non-hydrogen) atoms. The van der Waals surface area contributed by atoms with E-state index in [1.807, 2.05) is 0 Å². The normalized spacial score (nSPS) is 23.0. The molecule has 0 saturated heterocycles. The number of hydrogen-bond donors (Lipinski definition) is 3. The third-order valence-corrected chi connectivity index (χ3v) is 2.70. The predicted molar refractivity (Wildman–Crippen MR) is 59.5 cm³/mol. The van der Waals surface area contributed by atoms with E-state index < -0.39 is 29.9 Å². The molecular weight excluding hydrogens is 242 g/mol. The van der Waals surface area contributed by atoms with Gasteiger partial charge in [-0.1, -0.05) is 0 Å².